The molecule has 2 heterocycles. The number of hydrogen-bond donors (Lipinski definition) is 1. The van der Waals surface area contributed by atoms with Crippen molar-refractivity contribution in [1.29, 1.82) is 0 Å². The van der Waals surface area contributed by atoms with Gasteiger partial charge in [-0.05, 0) is 47.6 Å². The van der Waals surface area contributed by atoms with Gasteiger partial charge >= 0.3 is 6.18 Å². The highest BCUT2D eigenvalue weighted by atomic mass is 19.4. The molecule has 0 radical (unpaired) electrons. The summed E-state index contributed by atoms with van der Waals surface area (Å²) in [6.07, 6.45) is -0.934. The largest absolute Gasteiger partial charge is 0.430 e. The predicted octanol–water partition coefficient (Wildman–Crippen LogP) is 4.80. The first-order chi connectivity index (χ1) is 18.6. The molecular weight excluding hydrogens is 516 g/mol. The SMILES string of the molecule is COC/C=C/c1cccc([C@](OC)(C(=O)N2CCC3(CC2)CC(=O)NC[C@H]3c2ccc(F)cc2)C(F)(F)F)c1. The topological polar surface area (TPSA) is 67.9 Å². The average molecular weight is 549 g/mol. The number of nitrogens with zero attached hydrogens (tertiary/aromatic N) is 1. The summed E-state index contributed by atoms with van der Waals surface area (Å²) in [5.41, 5.74) is -2.75. The van der Waals surface area contributed by atoms with Gasteiger partial charge in [-0.3, -0.25) is 9.59 Å². The van der Waals surface area contributed by atoms with Crippen LogP contribution in [0.4, 0.5) is 17.6 Å². The fourth-order valence-electron chi connectivity index (χ4n) is 5.88. The Morgan fingerprint density at radius 3 is 2.44 bits per heavy atom. The fraction of sp³-hybridized carbons (Fsp3) is 0.448. The van der Waals surface area contributed by atoms with Crippen molar-refractivity contribution in [3.05, 3.63) is 77.1 Å². The highest BCUT2D eigenvalue weighted by Crippen LogP contribution is 2.50. The zero-order chi connectivity index (χ0) is 28.3. The van der Waals surface area contributed by atoms with Crippen molar-refractivity contribution in [2.75, 3.05) is 40.5 Å². The maximum absolute atomic E-state index is 14.7. The molecule has 2 atom stereocenters. The molecule has 2 aliphatic rings. The number of alkyl halides is 3. The van der Waals surface area contributed by atoms with Crippen molar-refractivity contribution in [3.63, 3.8) is 0 Å². The quantitative estimate of drug-likeness (QED) is 0.505. The van der Waals surface area contributed by atoms with E-state index in [0.717, 1.165) is 12.7 Å². The summed E-state index contributed by atoms with van der Waals surface area (Å²) >= 11 is 0. The van der Waals surface area contributed by atoms with E-state index in [1.165, 1.54) is 42.3 Å². The second-order valence-electron chi connectivity index (χ2n) is 10.1. The molecule has 2 saturated heterocycles. The maximum Gasteiger partial charge on any atom is 0.430 e. The number of hydrogen-bond acceptors (Lipinski definition) is 4. The van der Waals surface area contributed by atoms with Crippen LogP contribution < -0.4 is 5.32 Å². The Hall–Kier alpha value is -3.24. The number of amides is 2. The van der Waals surface area contributed by atoms with Gasteiger partial charge in [0.15, 0.2) is 0 Å². The molecule has 39 heavy (non-hydrogen) atoms. The minimum Gasteiger partial charge on any atom is -0.381 e. The van der Waals surface area contributed by atoms with E-state index in [1.54, 1.807) is 30.4 Å². The van der Waals surface area contributed by atoms with Gasteiger partial charge < -0.3 is 19.7 Å². The van der Waals surface area contributed by atoms with E-state index in [2.05, 4.69) is 5.32 Å². The van der Waals surface area contributed by atoms with Gasteiger partial charge in [0.1, 0.15) is 5.82 Å². The second-order valence-corrected chi connectivity index (χ2v) is 10.1. The first-order valence-electron chi connectivity index (χ1n) is 12.8. The number of rotatable bonds is 7. The molecule has 10 heteroatoms. The predicted molar refractivity (Wildman–Crippen MR) is 137 cm³/mol. The van der Waals surface area contributed by atoms with Crippen LogP contribution in [0.25, 0.3) is 6.08 Å². The van der Waals surface area contributed by atoms with E-state index in [-0.39, 0.29) is 49.3 Å². The van der Waals surface area contributed by atoms with E-state index in [1.807, 2.05) is 0 Å². The van der Waals surface area contributed by atoms with Crippen LogP contribution in [-0.2, 0) is 24.7 Å². The normalized spacial score (nSPS) is 21.1. The molecule has 2 aliphatic heterocycles. The molecule has 0 bridgehead atoms. The molecule has 2 fully saturated rings. The number of carbonyl (C=O) groups is 2. The minimum absolute atomic E-state index is 0.0262. The summed E-state index contributed by atoms with van der Waals surface area (Å²) in [6.45, 7) is 0.674. The van der Waals surface area contributed by atoms with Crippen molar-refractivity contribution in [2.45, 2.75) is 37.0 Å². The third-order valence-corrected chi connectivity index (χ3v) is 7.95. The van der Waals surface area contributed by atoms with Crippen molar-refractivity contribution in [2.24, 2.45) is 5.41 Å². The average Bonchev–Trinajstić information content (AvgIpc) is 2.90. The zero-order valence-corrected chi connectivity index (χ0v) is 21.9. The van der Waals surface area contributed by atoms with Crippen LogP contribution in [0, 0.1) is 11.2 Å². The van der Waals surface area contributed by atoms with Crippen molar-refractivity contribution >= 4 is 17.9 Å². The zero-order valence-electron chi connectivity index (χ0n) is 21.9. The molecular formula is C29H32F4N2O4. The van der Waals surface area contributed by atoms with E-state index in [4.69, 9.17) is 9.47 Å². The molecule has 2 aromatic carbocycles. The number of nitrogens with one attached hydrogen (secondary N) is 1. The molecule has 4 rings (SSSR count). The Labute approximate surface area is 225 Å². The highest BCUT2D eigenvalue weighted by Gasteiger charge is 2.64. The van der Waals surface area contributed by atoms with E-state index < -0.39 is 23.1 Å². The molecule has 2 amide bonds. The van der Waals surface area contributed by atoms with Crippen LogP contribution in [0.5, 0.6) is 0 Å². The lowest BCUT2D eigenvalue weighted by Crippen LogP contribution is -2.60. The molecule has 0 aromatic heterocycles. The van der Waals surface area contributed by atoms with Crippen molar-refractivity contribution in [1.82, 2.24) is 10.2 Å². The van der Waals surface area contributed by atoms with Crippen LogP contribution in [-0.4, -0.2) is 63.4 Å². The first kappa shape index (κ1) is 28.8. The van der Waals surface area contributed by atoms with Gasteiger partial charge in [0.2, 0.25) is 5.91 Å². The van der Waals surface area contributed by atoms with Crippen LogP contribution in [0.15, 0.2) is 54.6 Å². The smallest absolute Gasteiger partial charge is 0.381 e. The molecule has 6 nitrogen and oxygen atoms in total. The number of benzene rings is 2. The van der Waals surface area contributed by atoms with Crippen LogP contribution in [0.3, 0.4) is 0 Å². The van der Waals surface area contributed by atoms with Crippen molar-refractivity contribution < 1.29 is 36.6 Å². The fourth-order valence-corrected chi connectivity index (χ4v) is 5.88. The third kappa shape index (κ3) is 5.58. The van der Waals surface area contributed by atoms with Crippen LogP contribution in [0.2, 0.25) is 0 Å². The number of carbonyl (C=O) groups excluding carboxylic acids is 2. The number of ether oxygens (including phenoxy) is 2. The van der Waals surface area contributed by atoms with Crippen LogP contribution in [0.1, 0.15) is 41.9 Å². The second kappa shape index (κ2) is 11.5. The third-order valence-electron chi connectivity index (χ3n) is 7.95. The van der Waals surface area contributed by atoms with Crippen molar-refractivity contribution in [3.8, 4) is 0 Å². The molecule has 2 aromatic rings. The van der Waals surface area contributed by atoms with Gasteiger partial charge in [0.05, 0.1) is 6.61 Å². The summed E-state index contributed by atoms with van der Waals surface area (Å²) in [5.74, 6) is -1.87. The summed E-state index contributed by atoms with van der Waals surface area (Å²) in [7, 11) is 2.39. The highest BCUT2D eigenvalue weighted by molar-refractivity contribution is 5.88. The Bertz CT molecular complexity index is 1210. The van der Waals surface area contributed by atoms with E-state index in [9.17, 15) is 27.2 Å². The lowest BCUT2D eigenvalue weighted by Gasteiger charge is -2.50. The van der Waals surface area contributed by atoms with Gasteiger partial charge in [-0.15, -0.1) is 0 Å². The minimum atomic E-state index is -5.04. The summed E-state index contributed by atoms with van der Waals surface area (Å²) in [4.78, 5) is 27.3. The summed E-state index contributed by atoms with van der Waals surface area (Å²) in [6, 6.07) is 11.7. The molecule has 1 N–H and O–H groups in total. The van der Waals surface area contributed by atoms with Gasteiger partial charge in [0, 0.05) is 51.8 Å². The van der Waals surface area contributed by atoms with Gasteiger partial charge in [-0.25, -0.2) is 4.39 Å². The molecule has 0 unspecified atom stereocenters. The Morgan fingerprint density at radius 1 is 1.13 bits per heavy atom. The monoisotopic (exact) mass is 548 g/mol. The maximum atomic E-state index is 14.7. The number of likely N-dealkylation sites (tertiary alicyclic amines) is 1. The van der Waals surface area contributed by atoms with E-state index >= 15 is 0 Å². The molecule has 210 valence electrons. The number of piperidine rings is 2. The number of methoxy groups -OCH3 is 2. The molecule has 0 saturated carbocycles. The Morgan fingerprint density at radius 2 is 1.82 bits per heavy atom. The summed E-state index contributed by atoms with van der Waals surface area (Å²) in [5, 5.41) is 2.85. The molecule has 0 aliphatic carbocycles. The number of halogens is 4. The standard InChI is InChI=1S/C29H32F4N2O4/c1-38-16-4-6-20-5-3-7-22(17-20)28(39-2,29(31,32)33)26(37)35-14-12-27(13-15-35)18-25(36)34-19-24(27)21-8-10-23(30)11-9-21/h3-11,17,24H,12-16,18-19H2,1-2H3,(H,34,36)/b6-4+/t24-,28-/m0/s1. The van der Waals surface area contributed by atoms with Gasteiger partial charge in [-0.1, -0.05) is 42.5 Å². The van der Waals surface area contributed by atoms with Crippen LogP contribution >= 0.6 is 0 Å². The Balaban J connectivity index is 1.62. The summed E-state index contributed by atoms with van der Waals surface area (Å²) < 4.78 is 67.8. The van der Waals surface area contributed by atoms with E-state index in [0.29, 0.717) is 24.9 Å². The molecule has 1 spiro atoms. The lowest BCUT2D eigenvalue weighted by atomic mass is 9.62. The van der Waals surface area contributed by atoms with Gasteiger partial charge in [-0.2, -0.15) is 13.2 Å². The Kier molecular flexibility index (Phi) is 8.46. The first-order valence-corrected chi connectivity index (χ1v) is 12.8. The van der Waals surface area contributed by atoms with Gasteiger partial charge in [0.25, 0.3) is 11.5 Å². The lowest BCUT2D eigenvalue weighted by molar-refractivity contribution is -0.271.